The summed E-state index contributed by atoms with van der Waals surface area (Å²) in [6, 6.07) is 9.83. The number of aryl methyl sites for hydroxylation is 1. The van der Waals surface area contributed by atoms with Crippen molar-refractivity contribution in [3.8, 4) is 0 Å². The van der Waals surface area contributed by atoms with Gasteiger partial charge in [-0.3, -0.25) is 4.79 Å². The highest BCUT2D eigenvalue weighted by molar-refractivity contribution is 7.12. The van der Waals surface area contributed by atoms with Crippen LogP contribution < -0.4 is 5.73 Å². The maximum Gasteiger partial charge on any atom is 0.315 e. The molecule has 1 aromatic heterocycles. The molecule has 1 aromatic carbocycles. The maximum absolute atomic E-state index is 14.1. The average molecular weight is 307 g/mol. The molecular formula is C16H18FNO2S. The predicted molar refractivity (Wildman–Crippen MR) is 82.2 cm³/mol. The number of rotatable bonds is 6. The Hall–Kier alpha value is -1.72. The van der Waals surface area contributed by atoms with E-state index in [2.05, 4.69) is 0 Å². The van der Waals surface area contributed by atoms with Crippen molar-refractivity contribution in [2.75, 3.05) is 6.54 Å². The average Bonchev–Trinajstić information content (AvgIpc) is 2.93. The van der Waals surface area contributed by atoms with Crippen LogP contribution in [0.5, 0.6) is 0 Å². The van der Waals surface area contributed by atoms with Crippen LogP contribution in [-0.2, 0) is 23.1 Å². The van der Waals surface area contributed by atoms with Crippen molar-refractivity contribution < 1.29 is 14.3 Å². The number of aliphatic carboxylic acids is 1. The lowest BCUT2D eigenvalue weighted by Crippen LogP contribution is -2.45. The number of carboxylic acid groups (broad SMARTS) is 1. The van der Waals surface area contributed by atoms with Gasteiger partial charge in [0.1, 0.15) is 11.2 Å². The minimum Gasteiger partial charge on any atom is -0.481 e. The number of benzene rings is 1. The molecule has 0 aliphatic rings. The molecule has 2 rings (SSSR count). The molecule has 0 amide bonds. The van der Waals surface area contributed by atoms with Crippen LogP contribution in [0.15, 0.2) is 36.4 Å². The zero-order valence-corrected chi connectivity index (χ0v) is 12.6. The molecule has 0 radical (unpaired) electrons. The van der Waals surface area contributed by atoms with Crippen LogP contribution in [0.1, 0.15) is 22.2 Å². The number of carboxylic acids is 1. The van der Waals surface area contributed by atoms with Crippen molar-refractivity contribution in [1.29, 1.82) is 0 Å². The van der Waals surface area contributed by atoms with Gasteiger partial charge in [-0.15, -0.1) is 11.3 Å². The SMILES string of the molecule is CCc1ccc(CC(CN)(C(=O)O)c2ccccc2F)s1. The van der Waals surface area contributed by atoms with Gasteiger partial charge in [-0.1, -0.05) is 25.1 Å². The molecule has 0 saturated heterocycles. The number of hydrogen-bond acceptors (Lipinski definition) is 3. The van der Waals surface area contributed by atoms with Gasteiger partial charge in [0.25, 0.3) is 0 Å². The molecular weight excluding hydrogens is 289 g/mol. The highest BCUT2D eigenvalue weighted by Gasteiger charge is 2.41. The number of hydrogen-bond donors (Lipinski definition) is 2. The Morgan fingerprint density at radius 3 is 2.48 bits per heavy atom. The van der Waals surface area contributed by atoms with Crippen LogP contribution >= 0.6 is 11.3 Å². The summed E-state index contributed by atoms with van der Waals surface area (Å²) < 4.78 is 14.1. The van der Waals surface area contributed by atoms with Crippen LogP contribution in [0.2, 0.25) is 0 Å². The van der Waals surface area contributed by atoms with E-state index in [4.69, 9.17) is 5.73 Å². The summed E-state index contributed by atoms with van der Waals surface area (Å²) in [5.74, 6) is -1.63. The van der Waals surface area contributed by atoms with E-state index in [1.165, 1.54) is 17.0 Å². The highest BCUT2D eigenvalue weighted by Crippen LogP contribution is 2.32. The Labute approximate surface area is 127 Å². The van der Waals surface area contributed by atoms with Crippen molar-refractivity contribution in [3.63, 3.8) is 0 Å². The molecule has 0 aliphatic carbocycles. The monoisotopic (exact) mass is 307 g/mol. The molecule has 0 spiro atoms. The fourth-order valence-corrected chi connectivity index (χ4v) is 3.48. The second-order valence-electron chi connectivity index (χ2n) is 4.97. The second-order valence-corrected chi connectivity index (χ2v) is 6.22. The Morgan fingerprint density at radius 2 is 1.95 bits per heavy atom. The van der Waals surface area contributed by atoms with Crippen LogP contribution in [0.4, 0.5) is 4.39 Å². The Balaban J connectivity index is 2.47. The van der Waals surface area contributed by atoms with E-state index in [1.807, 2.05) is 19.1 Å². The molecule has 0 aliphatic heterocycles. The van der Waals surface area contributed by atoms with Crippen molar-refractivity contribution in [2.24, 2.45) is 5.73 Å². The molecule has 1 unspecified atom stereocenters. The van der Waals surface area contributed by atoms with E-state index in [-0.39, 0.29) is 18.5 Å². The summed E-state index contributed by atoms with van der Waals surface area (Å²) in [6.07, 6.45) is 1.09. The van der Waals surface area contributed by atoms with Crippen molar-refractivity contribution in [1.82, 2.24) is 0 Å². The quantitative estimate of drug-likeness (QED) is 0.862. The van der Waals surface area contributed by atoms with Crippen molar-refractivity contribution >= 4 is 17.3 Å². The summed E-state index contributed by atoms with van der Waals surface area (Å²) >= 11 is 1.55. The van der Waals surface area contributed by atoms with Gasteiger partial charge in [-0.05, 0) is 24.6 Å². The lowest BCUT2D eigenvalue weighted by atomic mass is 9.77. The van der Waals surface area contributed by atoms with Gasteiger partial charge >= 0.3 is 5.97 Å². The fraction of sp³-hybridized carbons (Fsp3) is 0.312. The summed E-state index contributed by atoms with van der Waals surface area (Å²) in [5, 5.41) is 9.68. The van der Waals surface area contributed by atoms with Gasteiger partial charge in [0, 0.05) is 28.3 Å². The molecule has 1 atom stereocenters. The lowest BCUT2D eigenvalue weighted by Gasteiger charge is -2.28. The van der Waals surface area contributed by atoms with Crippen molar-refractivity contribution in [3.05, 3.63) is 57.5 Å². The molecule has 3 N–H and O–H groups in total. The molecule has 2 aromatic rings. The summed E-state index contributed by atoms with van der Waals surface area (Å²) in [4.78, 5) is 13.9. The number of halogens is 1. The van der Waals surface area contributed by atoms with E-state index >= 15 is 0 Å². The normalized spacial score (nSPS) is 13.9. The first-order valence-corrected chi connectivity index (χ1v) is 7.61. The minimum absolute atomic E-state index is 0.145. The van der Waals surface area contributed by atoms with E-state index in [9.17, 15) is 14.3 Å². The smallest absolute Gasteiger partial charge is 0.315 e. The minimum atomic E-state index is -1.43. The standard InChI is InChI=1S/C16H18FNO2S/c1-2-11-7-8-12(21-11)9-16(10-18,15(19)20)13-5-3-4-6-14(13)17/h3-8H,2,9-10,18H2,1H3,(H,19,20). The Kier molecular flexibility index (Phi) is 4.75. The van der Waals surface area contributed by atoms with E-state index in [0.29, 0.717) is 0 Å². The third kappa shape index (κ3) is 2.99. The van der Waals surface area contributed by atoms with Gasteiger partial charge in [-0.25, -0.2) is 4.39 Å². The van der Waals surface area contributed by atoms with Crippen LogP contribution in [0.25, 0.3) is 0 Å². The predicted octanol–water partition coefficient (Wildman–Crippen LogP) is 2.97. The first kappa shape index (κ1) is 15.7. The zero-order chi connectivity index (χ0) is 15.5. The summed E-state index contributed by atoms with van der Waals surface area (Å²) in [7, 11) is 0. The largest absolute Gasteiger partial charge is 0.481 e. The third-order valence-corrected chi connectivity index (χ3v) is 4.92. The van der Waals surface area contributed by atoms with Crippen LogP contribution in [-0.4, -0.2) is 17.6 Å². The number of nitrogens with two attached hydrogens (primary N) is 1. The molecule has 3 nitrogen and oxygen atoms in total. The maximum atomic E-state index is 14.1. The molecule has 0 saturated carbocycles. The molecule has 0 fully saturated rings. The van der Waals surface area contributed by atoms with Gasteiger partial charge in [-0.2, -0.15) is 0 Å². The van der Waals surface area contributed by atoms with Gasteiger partial charge < -0.3 is 10.8 Å². The molecule has 21 heavy (non-hydrogen) atoms. The summed E-state index contributed by atoms with van der Waals surface area (Å²) in [6.45, 7) is 1.89. The zero-order valence-electron chi connectivity index (χ0n) is 11.8. The third-order valence-electron chi connectivity index (χ3n) is 3.69. The fourth-order valence-electron chi connectivity index (χ4n) is 2.41. The Bertz CT molecular complexity index is 641. The summed E-state index contributed by atoms with van der Waals surface area (Å²) in [5.41, 5.74) is 4.47. The van der Waals surface area contributed by atoms with E-state index < -0.39 is 17.2 Å². The molecule has 112 valence electrons. The highest BCUT2D eigenvalue weighted by atomic mass is 32.1. The van der Waals surface area contributed by atoms with Gasteiger partial charge in [0.2, 0.25) is 0 Å². The second kappa shape index (κ2) is 6.37. The Morgan fingerprint density at radius 1 is 1.29 bits per heavy atom. The molecule has 0 bridgehead atoms. The number of carbonyl (C=O) groups is 1. The molecule has 1 heterocycles. The first-order valence-electron chi connectivity index (χ1n) is 6.79. The first-order chi connectivity index (χ1) is 10.0. The van der Waals surface area contributed by atoms with Crippen LogP contribution in [0, 0.1) is 5.82 Å². The molecule has 5 heteroatoms. The number of thiophene rings is 1. The van der Waals surface area contributed by atoms with Crippen molar-refractivity contribution in [2.45, 2.75) is 25.2 Å². The van der Waals surface area contributed by atoms with Gasteiger partial charge in [0.05, 0.1) is 0 Å². The lowest BCUT2D eigenvalue weighted by molar-refractivity contribution is -0.143. The van der Waals surface area contributed by atoms with E-state index in [1.54, 1.807) is 23.5 Å². The topological polar surface area (TPSA) is 63.3 Å². The van der Waals surface area contributed by atoms with Gasteiger partial charge in [0.15, 0.2) is 0 Å². The van der Waals surface area contributed by atoms with E-state index in [0.717, 1.165) is 11.3 Å². The van der Waals surface area contributed by atoms with Crippen LogP contribution in [0.3, 0.4) is 0 Å².